The van der Waals surface area contributed by atoms with Crippen molar-refractivity contribution in [1.82, 2.24) is 14.6 Å². The SMILES string of the molecule is O=C(c1[nH]c2ccccc2c1Br)N1CCC(NS(=O)(=O)c2ccc(F)cc2)CC1. The van der Waals surface area contributed by atoms with E-state index in [2.05, 4.69) is 25.6 Å². The van der Waals surface area contributed by atoms with E-state index in [1.807, 2.05) is 24.3 Å². The van der Waals surface area contributed by atoms with Crippen LogP contribution in [-0.2, 0) is 10.0 Å². The van der Waals surface area contributed by atoms with Gasteiger partial charge >= 0.3 is 0 Å². The van der Waals surface area contributed by atoms with Crippen molar-refractivity contribution in [3.63, 3.8) is 0 Å². The summed E-state index contributed by atoms with van der Waals surface area (Å²) in [7, 11) is -3.72. The summed E-state index contributed by atoms with van der Waals surface area (Å²) in [5, 5.41) is 0.942. The van der Waals surface area contributed by atoms with Gasteiger partial charge < -0.3 is 9.88 Å². The second kappa shape index (κ2) is 7.89. The second-order valence-corrected chi connectivity index (χ2v) is 9.51. The number of carbonyl (C=O) groups excluding carboxylic acids is 1. The molecule has 2 N–H and O–H groups in total. The number of para-hydroxylation sites is 1. The Hall–Kier alpha value is -2.23. The van der Waals surface area contributed by atoms with Crippen LogP contribution in [0.4, 0.5) is 4.39 Å². The molecule has 2 aromatic carbocycles. The van der Waals surface area contributed by atoms with Crippen LogP contribution >= 0.6 is 15.9 Å². The first-order valence-electron chi connectivity index (χ1n) is 9.18. The van der Waals surface area contributed by atoms with E-state index in [1.165, 1.54) is 12.1 Å². The van der Waals surface area contributed by atoms with Crippen LogP contribution in [0.3, 0.4) is 0 Å². The van der Waals surface area contributed by atoms with E-state index in [1.54, 1.807) is 4.90 Å². The number of halogens is 2. The van der Waals surface area contributed by atoms with Crippen molar-refractivity contribution in [3.05, 3.63) is 64.5 Å². The maximum atomic E-state index is 13.0. The van der Waals surface area contributed by atoms with Gasteiger partial charge in [-0.15, -0.1) is 0 Å². The topological polar surface area (TPSA) is 82.3 Å². The van der Waals surface area contributed by atoms with Crippen LogP contribution in [0.5, 0.6) is 0 Å². The van der Waals surface area contributed by atoms with Crippen LogP contribution in [0, 0.1) is 5.82 Å². The maximum absolute atomic E-state index is 13.0. The summed E-state index contributed by atoms with van der Waals surface area (Å²) in [5.41, 5.74) is 1.38. The lowest BCUT2D eigenvalue weighted by Crippen LogP contribution is -2.46. The van der Waals surface area contributed by atoms with Crippen molar-refractivity contribution >= 4 is 42.8 Å². The van der Waals surface area contributed by atoms with Gasteiger partial charge in [0.15, 0.2) is 0 Å². The molecule has 1 saturated heterocycles. The van der Waals surface area contributed by atoms with Crippen LogP contribution in [0.25, 0.3) is 10.9 Å². The number of amides is 1. The van der Waals surface area contributed by atoms with E-state index < -0.39 is 15.8 Å². The minimum absolute atomic E-state index is 0.0272. The number of sulfonamides is 1. The molecule has 0 saturated carbocycles. The summed E-state index contributed by atoms with van der Waals surface area (Å²) in [4.78, 5) is 17.8. The van der Waals surface area contributed by atoms with Crippen LogP contribution < -0.4 is 4.72 Å². The van der Waals surface area contributed by atoms with E-state index in [0.717, 1.165) is 27.5 Å². The number of nitrogens with zero attached hydrogens (tertiary/aromatic N) is 1. The Morgan fingerprint density at radius 3 is 2.41 bits per heavy atom. The molecule has 0 bridgehead atoms. The first kappa shape index (κ1) is 20.1. The first-order valence-corrected chi connectivity index (χ1v) is 11.5. The van der Waals surface area contributed by atoms with Gasteiger partial charge in [0.2, 0.25) is 10.0 Å². The number of benzene rings is 2. The molecular weight excluding hydrogens is 461 g/mol. The summed E-state index contributed by atoms with van der Waals surface area (Å²) in [6.07, 6.45) is 1.01. The second-order valence-electron chi connectivity index (χ2n) is 7.00. The van der Waals surface area contributed by atoms with Gasteiger partial charge in [0.1, 0.15) is 11.5 Å². The predicted octanol–water partition coefficient (Wildman–Crippen LogP) is 3.65. The van der Waals surface area contributed by atoms with Crippen molar-refractivity contribution in [3.8, 4) is 0 Å². The van der Waals surface area contributed by atoms with Crippen LogP contribution in [0.15, 0.2) is 57.9 Å². The number of aromatic nitrogens is 1. The largest absolute Gasteiger partial charge is 0.350 e. The number of carbonyl (C=O) groups is 1. The molecule has 3 aromatic rings. The highest BCUT2D eigenvalue weighted by Crippen LogP contribution is 2.29. The lowest BCUT2D eigenvalue weighted by molar-refractivity contribution is 0.0705. The van der Waals surface area contributed by atoms with Gasteiger partial charge in [-0.3, -0.25) is 4.79 Å². The van der Waals surface area contributed by atoms with Gasteiger partial charge in [-0.25, -0.2) is 17.5 Å². The van der Waals surface area contributed by atoms with Crippen molar-refractivity contribution < 1.29 is 17.6 Å². The summed E-state index contributed by atoms with van der Waals surface area (Å²) in [6, 6.07) is 12.1. The van der Waals surface area contributed by atoms with Gasteiger partial charge in [0.25, 0.3) is 5.91 Å². The molecule has 29 heavy (non-hydrogen) atoms. The number of hydrogen-bond acceptors (Lipinski definition) is 3. The Bertz CT molecular complexity index is 1150. The average molecular weight is 480 g/mol. The van der Waals surface area contributed by atoms with Crippen LogP contribution in [-0.4, -0.2) is 43.3 Å². The minimum Gasteiger partial charge on any atom is -0.350 e. The van der Waals surface area contributed by atoms with Crippen molar-refractivity contribution in [2.24, 2.45) is 0 Å². The Kier molecular flexibility index (Phi) is 5.46. The monoisotopic (exact) mass is 479 g/mol. The zero-order valence-electron chi connectivity index (χ0n) is 15.4. The molecule has 0 unspecified atom stereocenters. The van der Waals surface area contributed by atoms with Gasteiger partial charge in [-0.2, -0.15) is 0 Å². The quantitative estimate of drug-likeness (QED) is 0.598. The summed E-state index contributed by atoms with van der Waals surface area (Å²) in [5.74, 6) is -0.605. The van der Waals surface area contributed by atoms with E-state index in [4.69, 9.17) is 0 Å². The highest BCUT2D eigenvalue weighted by Gasteiger charge is 2.29. The summed E-state index contributed by atoms with van der Waals surface area (Å²) in [6.45, 7) is 0.883. The lowest BCUT2D eigenvalue weighted by Gasteiger charge is -2.32. The van der Waals surface area contributed by atoms with Crippen molar-refractivity contribution in [2.45, 2.75) is 23.8 Å². The number of fused-ring (bicyclic) bond motifs is 1. The van der Waals surface area contributed by atoms with Crippen LogP contribution in [0.1, 0.15) is 23.3 Å². The lowest BCUT2D eigenvalue weighted by atomic mass is 10.1. The minimum atomic E-state index is -3.72. The zero-order chi connectivity index (χ0) is 20.6. The molecule has 9 heteroatoms. The van der Waals surface area contributed by atoms with Crippen molar-refractivity contribution in [1.29, 1.82) is 0 Å². The molecule has 152 valence electrons. The molecule has 0 aliphatic carbocycles. The number of rotatable bonds is 4. The Labute approximate surface area is 176 Å². The third-order valence-corrected chi connectivity index (χ3v) is 7.44. The van der Waals surface area contributed by atoms with E-state index in [9.17, 15) is 17.6 Å². The standard InChI is InChI=1S/C20H19BrFN3O3S/c21-18-16-3-1-2-4-17(16)23-19(18)20(26)25-11-9-14(10-12-25)24-29(27,28)15-7-5-13(22)6-8-15/h1-8,14,23-24H,9-12H2. The fraction of sp³-hybridized carbons (Fsp3) is 0.250. The van der Waals surface area contributed by atoms with Gasteiger partial charge in [0, 0.05) is 30.0 Å². The fourth-order valence-corrected chi connectivity index (χ4v) is 5.43. The normalized spacial score (nSPS) is 15.7. The fourth-order valence-electron chi connectivity index (χ4n) is 3.51. The van der Waals surface area contributed by atoms with Gasteiger partial charge in [-0.05, 0) is 59.1 Å². The number of H-pyrrole nitrogens is 1. The third-order valence-electron chi connectivity index (χ3n) is 5.08. The molecule has 1 aromatic heterocycles. The zero-order valence-corrected chi connectivity index (χ0v) is 17.8. The first-order chi connectivity index (χ1) is 13.8. The molecule has 0 atom stereocenters. The highest BCUT2D eigenvalue weighted by molar-refractivity contribution is 9.10. The molecule has 4 rings (SSSR count). The van der Waals surface area contributed by atoms with Gasteiger partial charge in [-0.1, -0.05) is 18.2 Å². The van der Waals surface area contributed by atoms with E-state index >= 15 is 0 Å². The number of nitrogens with one attached hydrogen (secondary N) is 2. The molecule has 0 radical (unpaired) electrons. The Morgan fingerprint density at radius 1 is 1.10 bits per heavy atom. The Balaban J connectivity index is 1.42. The molecule has 1 aliphatic rings. The third kappa shape index (κ3) is 4.08. The molecule has 2 heterocycles. The predicted molar refractivity (Wildman–Crippen MR) is 112 cm³/mol. The number of hydrogen-bond donors (Lipinski definition) is 2. The molecule has 1 aliphatic heterocycles. The molecule has 0 spiro atoms. The van der Waals surface area contributed by atoms with Crippen molar-refractivity contribution in [2.75, 3.05) is 13.1 Å². The summed E-state index contributed by atoms with van der Waals surface area (Å²) < 4.78 is 41.4. The molecular formula is C20H19BrFN3O3S. The molecule has 6 nitrogen and oxygen atoms in total. The number of aromatic amines is 1. The summed E-state index contributed by atoms with van der Waals surface area (Å²) >= 11 is 3.50. The maximum Gasteiger partial charge on any atom is 0.271 e. The highest BCUT2D eigenvalue weighted by atomic mass is 79.9. The molecule has 1 amide bonds. The number of piperidine rings is 1. The van der Waals surface area contributed by atoms with Gasteiger partial charge in [0.05, 0.1) is 9.37 Å². The Morgan fingerprint density at radius 2 is 1.76 bits per heavy atom. The molecule has 1 fully saturated rings. The average Bonchev–Trinajstić information content (AvgIpc) is 3.05. The van der Waals surface area contributed by atoms with E-state index in [-0.39, 0.29) is 16.8 Å². The van der Waals surface area contributed by atoms with E-state index in [0.29, 0.717) is 31.6 Å². The number of likely N-dealkylation sites (tertiary alicyclic amines) is 1. The van der Waals surface area contributed by atoms with Crippen LogP contribution in [0.2, 0.25) is 0 Å². The smallest absolute Gasteiger partial charge is 0.271 e.